The molecule has 1 heterocycles. The maximum Gasteiger partial charge on any atom is 0.237 e. The van der Waals surface area contributed by atoms with Gasteiger partial charge in [-0.1, -0.05) is 50.7 Å². The van der Waals surface area contributed by atoms with Gasteiger partial charge in [-0.2, -0.15) is 5.26 Å². The molecule has 0 spiro atoms. The van der Waals surface area contributed by atoms with Gasteiger partial charge in [0, 0.05) is 12.2 Å². The molecule has 3 rings (SSSR count). The first-order valence-corrected chi connectivity index (χ1v) is 11.9. The average Bonchev–Trinajstić information content (AvgIpc) is 3.18. The first-order chi connectivity index (χ1) is 15.9. The molecule has 1 atom stereocenters. The molecule has 1 N–H and O–H groups in total. The van der Waals surface area contributed by atoms with E-state index in [9.17, 15) is 4.79 Å². The fraction of sp³-hybridized carbons (Fsp3) is 0.360. The third-order valence-electron chi connectivity index (χ3n) is 4.95. The van der Waals surface area contributed by atoms with Crippen LogP contribution in [0.25, 0.3) is 0 Å². The Labute approximate surface area is 199 Å². The van der Waals surface area contributed by atoms with Gasteiger partial charge in [0.25, 0.3) is 0 Å². The summed E-state index contributed by atoms with van der Waals surface area (Å²) in [6, 6.07) is 17.0. The number of carbonyl (C=O) groups excluding carboxylic acids is 1. The van der Waals surface area contributed by atoms with Crippen LogP contribution in [0.15, 0.2) is 53.7 Å². The molecule has 0 saturated heterocycles. The lowest BCUT2D eigenvalue weighted by Gasteiger charge is -2.15. The maximum absolute atomic E-state index is 12.7. The number of nitrogens with one attached hydrogen (secondary N) is 1. The monoisotopic (exact) mass is 463 g/mol. The number of amides is 1. The van der Waals surface area contributed by atoms with Crippen LogP contribution >= 0.6 is 11.8 Å². The summed E-state index contributed by atoms with van der Waals surface area (Å²) in [7, 11) is 0. The van der Waals surface area contributed by atoms with Gasteiger partial charge in [0.15, 0.2) is 11.0 Å². The molecule has 0 radical (unpaired) electrons. The van der Waals surface area contributed by atoms with Crippen molar-refractivity contribution in [2.75, 3.05) is 5.32 Å². The second-order valence-corrected chi connectivity index (χ2v) is 9.44. The first kappa shape index (κ1) is 24.3. The van der Waals surface area contributed by atoms with Crippen molar-refractivity contribution in [2.45, 2.75) is 57.7 Å². The third kappa shape index (κ3) is 6.83. The molecule has 0 bridgehead atoms. The van der Waals surface area contributed by atoms with Gasteiger partial charge in [-0.25, -0.2) is 0 Å². The Hall–Kier alpha value is -3.31. The maximum atomic E-state index is 12.7. The number of benzene rings is 2. The number of carbonyl (C=O) groups is 1. The molecule has 8 heteroatoms. The second kappa shape index (κ2) is 11.5. The molecule has 2 aromatic carbocycles. The van der Waals surface area contributed by atoms with E-state index < -0.39 is 5.25 Å². The zero-order chi connectivity index (χ0) is 23.8. The van der Waals surface area contributed by atoms with Gasteiger partial charge in [0.2, 0.25) is 5.91 Å². The second-order valence-electron chi connectivity index (χ2n) is 8.13. The molecule has 0 aliphatic carbocycles. The minimum absolute atomic E-state index is 0.164. The summed E-state index contributed by atoms with van der Waals surface area (Å²) in [5.41, 5.74) is 2.35. The highest BCUT2D eigenvalue weighted by Gasteiger charge is 2.21. The lowest BCUT2D eigenvalue weighted by molar-refractivity contribution is -0.115. The molecular weight excluding hydrogens is 434 g/mol. The zero-order valence-electron chi connectivity index (χ0n) is 19.4. The summed E-state index contributed by atoms with van der Waals surface area (Å²) in [6.45, 7) is 9.22. The highest BCUT2D eigenvalue weighted by molar-refractivity contribution is 8.00. The number of nitriles is 1. The Balaban J connectivity index is 1.68. The zero-order valence-corrected chi connectivity index (χ0v) is 20.2. The van der Waals surface area contributed by atoms with E-state index in [0.29, 0.717) is 28.9 Å². The molecular formula is C25H29N5O2S. The topological polar surface area (TPSA) is 92.8 Å². The van der Waals surface area contributed by atoms with Crippen LogP contribution < -0.4 is 10.1 Å². The number of nitrogens with zero attached hydrogens (tertiary/aromatic N) is 4. The van der Waals surface area contributed by atoms with Crippen LogP contribution in [0.2, 0.25) is 0 Å². The molecule has 1 amide bonds. The van der Waals surface area contributed by atoms with E-state index in [1.807, 2.05) is 23.6 Å². The van der Waals surface area contributed by atoms with Gasteiger partial charge < -0.3 is 14.6 Å². The number of hydrogen-bond acceptors (Lipinski definition) is 6. The number of rotatable bonds is 10. The van der Waals surface area contributed by atoms with Crippen molar-refractivity contribution in [3.63, 3.8) is 0 Å². The van der Waals surface area contributed by atoms with E-state index in [1.54, 1.807) is 24.3 Å². The molecule has 0 aliphatic heterocycles. The van der Waals surface area contributed by atoms with Crippen LogP contribution in [-0.4, -0.2) is 25.9 Å². The highest BCUT2D eigenvalue weighted by Crippen LogP contribution is 2.25. The van der Waals surface area contributed by atoms with E-state index in [4.69, 9.17) is 10.00 Å². The SMILES string of the molecule is CCc1ccc(OCc2nnc(SC(C)C(=O)Nc3cccc(C#N)c3)n2CC(C)C)cc1. The summed E-state index contributed by atoms with van der Waals surface area (Å²) >= 11 is 1.35. The molecule has 1 aromatic heterocycles. The number of anilines is 1. The van der Waals surface area contributed by atoms with Crippen molar-refractivity contribution < 1.29 is 9.53 Å². The van der Waals surface area contributed by atoms with Crippen LogP contribution in [0, 0.1) is 17.2 Å². The van der Waals surface area contributed by atoms with Gasteiger partial charge in [-0.15, -0.1) is 10.2 Å². The van der Waals surface area contributed by atoms with Gasteiger partial charge >= 0.3 is 0 Å². The Morgan fingerprint density at radius 2 is 1.94 bits per heavy atom. The van der Waals surface area contributed by atoms with Crippen molar-refractivity contribution in [1.82, 2.24) is 14.8 Å². The van der Waals surface area contributed by atoms with Crippen molar-refractivity contribution in [3.8, 4) is 11.8 Å². The van der Waals surface area contributed by atoms with Gasteiger partial charge in [0.1, 0.15) is 12.4 Å². The molecule has 7 nitrogen and oxygen atoms in total. The van der Waals surface area contributed by atoms with E-state index in [1.165, 1.54) is 17.3 Å². The Morgan fingerprint density at radius 1 is 1.18 bits per heavy atom. The van der Waals surface area contributed by atoms with Gasteiger partial charge in [-0.05, 0) is 55.2 Å². The van der Waals surface area contributed by atoms with Crippen molar-refractivity contribution in [1.29, 1.82) is 5.26 Å². The molecule has 0 fully saturated rings. The predicted molar refractivity (Wildman–Crippen MR) is 130 cm³/mol. The fourth-order valence-corrected chi connectivity index (χ4v) is 4.03. The summed E-state index contributed by atoms with van der Waals surface area (Å²) < 4.78 is 7.97. The molecule has 0 aliphatic rings. The summed E-state index contributed by atoms with van der Waals surface area (Å²) in [4.78, 5) is 12.7. The minimum Gasteiger partial charge on any atom is -0.486 e. The summed E-state index contributed by atoms with van der Waals surface area (Å²) in [6.07, 6.45) is 0.985. The average molecular weight is 464 g/mol. The van der Waals surface area contributed by atoms with Crippen LogP contribution in [-0.2, 0) is 24.4 Å². The van der Waals surface area contributed by atoms with Crippen LogP contribution in [0.1, 0.15) is 44.6 Å². The molecule has 33 heavy (non-hydrogen) atoms. The number of aryl methyl sites for hydroxylation is 1. The smallest absolute Gasteiger partial charge is 0.237 e. The Morgan fingerprint density at radius 3 is 2.61 bits per heavy atom. The number of aromatic nitrogens is 3. The largest absolute Gasteiger partial charge is 0.486 e. The molecule has 172 valence electrons. The van der Waals surface area contributed by atoms with E-state index in [0.717, 1.165) is 24.5 Å². The van der Waals surface area contributed by atoms with Crippen molar-refractivity contribution in [2.24, 2.45) is 5.92 Å². The molecule has 0 saturated carbocycles. The Bertz CT molecular complexity index is 1120. The highest BCUT2D eigenvalue weighted by atomic mass is 32.2. The lowest BCUT2D eigenvalue weighted by Crippen LogP contribution is -2.23. The minimum atomic E-state index is -0.402. The van der Waals surface area contributed by atoms with Crippen LogP contribution in [0.4, 0.5) is 5.69 Å². The van der Waals surface area contributed by atoms with Gasteiger partial charge in [-0.3, -0.25) is 4.79 Å². The number of thioether (sulfide) groups is 1. The van der Waals surface area contributed by atoms with Crippen molar-refractivity contribution >= 4 is 23.4 Å². The van der Waals surface area contributed by atoms with E-state index in [2.05, 4.69) is 54.5 Å². The standard InChI is InChI=1S/C25H29N5O2S/c1-5-19-9-11-22(12-10-19)32-16-23-28-29-25(30(23)15-17(2)3)33-18(4)24(31)27-21-8-6-7-20(13-21)14-26/h6-13,17-18H,5,15-16H2,1-4H3,(H,27,31). The van der Waals surface area contributed by atoms with Gasteiger partial charge in [0.05, 0.1) is 16.9 Å². The first-order valence-electron chi connectivity index (χ1n) is 11.0. The molecule has 3 aromatic rings. The Kier molecular flexibility index (Phi) is 8.50. The van der Waals surface area contributed by atoms with Crippen LogP contribution in [0.3, 0.4) is 0 Å². The quantitative estimate of drug-likeness (QED) is 0.422. The number of hydrogen-bond donors (Lipinski definition) is 1. The summed E-state index contributed by atoms with van der Waals surface area (Å²) in [5, 5.41) is 20.9. The van der Waals surface area contributed by atoms with Crippen LogP contribution in [0.5, 0.6) is 5.75 Å². The van der Waals surface area contributed by atoms with E-state index >= 15 is 0 Å². The molecule has 1 unspecified atom stereocenters. The lowest BCUT2D eigenvalue weighted by atomic mass is 10.2. The summed E-state index contributed by atoms with van der Waals surface area (Å²) in [5.74, 6) is 1.72. The van der Waals surface area contributed by atoms with Crippen molar-refractivity contribution in [3.05, 3.63) is 65.5 Å². The normalized spacial score (nSPS) is 11.8. The number of ether oxygens (including phenoxy) is 1. The van der Waals surface area contributed by atoms with E-state index in [-0.39, 0.29) is 5.91 Å². The predicted octanol–water partition coefficient (Wildman–Crippen LogP) is 5.07. The third-order valence-corrected chi connectivity index (χ3v) is 6.03. The fourth-order valence-electron chi connectivity index (χ4n) is 3.15.